The van der Waals surface area contributed by atoms with Crippen LogP contribution >= 0.6 is 0 Å². The van der Waals surface area contributed by atoms with Crippen LogP contribution in [0.5, 0.6) is 0 Å². The minimum Gasteiger partial charge on any atom is -0.394 e. The first-order valence-corrected chi connectivity index (χ1v) is 5.08. The highest BCUT2D eigenvalue weighted by atomic mass is 19.1. The molecule has 4 atom stereocenters. The lowest BCUT2D eigenvalue weighted by atomic mass is 10.1. The van der Waals surface area contributed by atoms with Gasteiger partial charge in [-0.3, -0.25) is 4.57 Å². The molecule has 0 spiro atoms. The van der Waals surface area contributed by atoms with Crippen molar-refractivity contribution in [2.45, 2.75) is 24.6 Å². The van der Waals surface area contributed by atoms with Gasteiger partial charge in [0, 0.05) is 0 Å². The predicted octanol–water partition coefficient (Wildman–Crippen LogP) is -1.45. The third kappa shape index (κ3) is 1.96. The molecule has 0 amide bonds. The molecular formula is C9H11F2N3O4. The Balaban J connectivity index is 2.39. The maximum atomic E-state index is 13.7. The van der Waals surface area contributed by atoms with Gasteiger partial charge in [0.25, 0.3) is 0 Å². The molecule has 0 saturated carbocycles. The van der Waals surface area contributed by atoms with Crippen molar-refractivity contribution in [2.24, 2.45) is 0 Å². The minimum atomic E-state index is -1.98. The molecule has 0 unspecified atom stereocenters. The molecule has 2 rings (SSSR count). The van der Waals surface area contributed by atoms with Crippen LogP contribution in [0.3, 0.4) is 0 Å². The number of nitrogens with zero attached hydrogens (tertiary/aromatic N) is 2. The van der Waals surface area contributed by atoms with Crippen LogP contribution in [0.15, 0.2) is 11.0 Å². The van der Waals surface area contributed by atoms with Gasteiger partial charge in [-0.2, -0.15) is 4.98 Å². The summed E-state index contributed by atoms with van der Waals surface area (Å²) in [5.74, 6) is -1.61. The number of nitrogen functional groups attached to an aromatic ring is 1. The quantitative estimate of drug-likeness (QED) is 0.602. The fraction of sp³-hybridized carbons (Fsp3) is 0.556. The van der Waals surface area contributed by atoms with Crippen LogP contribution in [0.2, 0.25) is 0 Å². The van der Waals surface area contributed by atoms with Gasteiger partial charge in [-0.15, -0.1) is 0 Å². The maximum Gasteiger partial charge on any atom is 0.351 e. The van der Waals surface area contributed by atoms with Crippen molar-refractivity contribution in [3.63, 3.8) is 0 Å². The van der Waals surface area contributed by atoms with Crippen LogP contribution in [0, 0.1) is 5.82 Å². The van der Waals surface area contributed by atoms with Crippen LogP contribution in [0.1, 0.15) is 6.23 Å². The number of anilines is 1. The van der Waals surface area contributed by atoms with E-state index in [1.165, 1.54) is 0 Å². The van der Waals surface area contributed by atoms with Crippen molar-refractivity contribution >= 4 is 5.82 Å². The first kappa shape index (κ1) is 12.9. The first-order chi connectivity index (χ1) is 8.45. The number of nitrogens with two attached hydrogens (primary N) is 1. The topological polar surface area (TPSA) is 111 Å². The number of aromatic nitrogens is 2. The minimum absolute atomic E-state index is 0.551. The molecule has 0 aromatic carbocycles. The molecule has 100 valence electrons. The van der Waals surface area contributed by atoms with E-state index in [2.05, 4.69) is 4.98 Å². The van der Waals surface area contributed by atoms with E-state index in [0.717, 1.165) is 0 Å². The average Bonchev–Trinajstić information content (AvgIpc) is 2.61. The number of aliphatic hydroxyl groups is 2. The summed E-state index contributed by atoms with van der Waals surface area (Å²) >= 11 is 0. The van der Waals surface area contributed by atoms with Gasteiger partial charge in [-0.1, -0.05) is 0 Å². The van der Waals surface area contributed by atoms with Gasteiger partial charge in [0.1, 0.15) is 12.2 Å². The Morgan fingerprint density at radius 1 is 1.61 bits per heavy atom. The van der Waals surface area contributed by atoms with Crippen LogP contribution in [0.25, 0.3) is 0 Å². The van der Waals surface area contributed by atoms with Gasteiger partial charge in [-0.05, 0) is 0 Å². The van der Waals surface area contributed by atoms with Crippen LogP contribution in [-0.4, -0.2) is 44.8 Å². The number of alkyl halides is 1. The van der Waals surface area contributed by atoms with Crippen LogP contribution in [-0.2, 0) is 4.74 Å². The summed E-state index contributed by atoms with van der Waals surface area (Å²) in [6.45, 7) is -0.627. The Hall–Kier alpha value is -1.58. The Morgan fingerprint density at radius 3 is 2.83 bits per heavy atom. The summed E-state index contributed by atoms with van der Waals surface area (Å²) in [7, 11) is 0. The summed E-state index contributed by atoms with van der Waals surface area (Å²) in [6.07, 6.45) is -5.67. The molecule has 0 bridgehead atoms. The highest BCUT2D eigenvalue weighted by molar-refractivity contribution is 5.26. The largest absolute Gasteiger partial charge is 0.394 e. The number of halogens is 2. The number of aliphatic hydroxyl groups excluding tert-OH is 2. The lowest BCUT2D eigenvalue weighted by Crippen LogP contribution is -2.34. The van der Waals surface area contributed by atoms with Crippen molar-refractivity contribution in [1.82, 2.24) is 9.55 Å². The number of ether oxygens (including phenoxy) is 1. The van der Waals surface area contributed by atoms with E-state index in [9.17, 15) is 18.7 Å². The number of hydrogen-bond donors (Lipinski definition) is 3. The van der Waals surface area contributed by atoms with Gasteiger partial charge in [0.15, 0.2) is 24.0 Å². The van der Waals surface area contributed by atoms with Crippen LogP contribution < -0.4 is 11.4 Å². The first-order valence-electron chi connectivity index (χ1n) is 5.08. The van der Waals surface area contributed by atoms with Crippen molar-refractivity contribution in [3.8, 4) is 0 Å². The summed E-state index contributed by atoms with van der Waals surface area (Å²) in [5.41, 5.74) is 4.07. The van der Waals surface area contributed by atoms with Crippen molar-refractivity contribution in [3.05, 3.63) is 22.5 Å². The Kier molecular flexibility index (Phi) is 3.28. The lowest BCUT2D eigenvalue weighted by Gasteiger charge is -2.15. The molecule has 4 N–H and O–H groups in total. The normalized spacial score (nSPS) is 31.8. The average molecular weight is 263 g/mol. The molecule has 0 aliphatic carbocycles. The Morgan fingerprint density at radius 2 is 2.28 bits per heavy atom. The van der Waals surface area contributed by atoms with Gasteiger partial charge in [0.05, 0.1) is 12.8 Å². The molecule has 1 aromatic rings. The molecule has 1 aliphatic heterocycles. The van der Waals surface area contributed by atoms with Crippen molar-refractivity contribution < 1.29 is 23.7 Å². The Bertz CT molecular complexity index is 509. The fourth-order valence-corrected chi connectivity index (χ4v) is 1.72. The third-order valence-corrected chi connectivity index (χ3v) is 2.68. The predicted molar refractivity (Wildman–Crippen MR) is 54.8 cm³/mol. The SMILES string of the molecule is Nc1nc(=O)n([C@H]2O[C@@H](CO)[C@H](O)[C@@H]2F)cc1F. The van der Waals surface area contributed by atoms with E-state index in [4.69, 9.17) is 15.6 Å². The summed E-state index contributed by atoms with van der Waals surface area (Å²) < 4.78 is 32.4. The van der Waals surface area contributed by atoms with E-state index >= 15 is 0 Å². The molecule has 1 fully saturated rings. The van der Waals surface area contributed by atoms with E-state index < -0.39 is 48.5 Å². The third-order valence-electron chi connectivity index (χ3n) is 2.68. The highest BCUT2D eigenvalue weighted by Crippen LogP contribution is 2.30. The molecule has 2 heterocycles. The zero-order chi connectivity index (χ0) is 13.4. The number of hydrogen-bond acceptors (Lipinski definition) is 6. The smallest absolute Gasteiger partial charge is 0.351 e. The van der Waals surface area contributed by atoms with Gasteiger partial charge in [-0.25, -0.2) is 13.6 Å². The van der Waals surface area contributed by atoms with E-state index in [1.54, 1.807) is 0 Å². The molecule has 1 aromatic heterocycles. The lowest BCUT2D eigenvalue weighted by molar-refractivity contribution is -0.0494. The molecule has 18 heavy (non-hydrogen) atoms. The summed E-state index contributed by atoms with van der Waals surface area (Å²) in [4.78, 5) is 14.6. The molecule has 0 radical (unpaired) electrons. The molecule has 9 heteroatoms. The zero-order valence-corrected chi connectivity index (χ0v) is 9.03. The second-order valence-corrected chi connectivity index (χ2v) is 3.85. The fourth-order valence-electron chi connectivity index (χ4n) is 1.72. The highest BCUT2D eigenvalue weighted by Gasteiger charge is 2.45. The van der Waals surface area contributed by atoms with Gasteiger partial charge in [0.2, 0.25) is 0 Å². The van der Waals surface area contributed by atoms with Crippen molar-refractivity contribution in [1.29, 1.82) is 0 Å². The standard InChI is InChI=1S/C9H11F2N3O4/c10-3-1-14(9(17)13-7(3)12)8-5(11)6(16)4(2-15)18-8/h1,4-6,8,15-16H,2H2,(H2,12,13,17)/t4-,5-,6-,8-/m0/s1. The van der Waals surface area contributed by atoms with Crippen molar-refractivity contribution in [2.75, 3.05) is 12.3 Å². The van der Waals surface area contributed by atoms with Gasteiger partial charge >= 0.3 is 5.69 Å². The second kappa shape index (κ2) is 4.59. The Labute approximate surface area is 99.4 Å². The molecule has 1 aliphatic rings. The summed E-state index contributed by atoms with van der Waals surface area (Å²) in [5, 5.41) is 18.2. The monoisotopic (exact) mass is 263 g/mol. The van der Waals surface area contributed by atoms with E-state index in [-0.39, 0.29) is 0 Å². The molecule has 1 saturated heterocycles. The molecule has 7 nitrogen and oxygen atoms in total. The van der Waals surface area contributed by atoms with Crippen LogP contribution in [0.4, 0.5) is 14.6 Å². The summed E-state index contributed by atoms with van der Waals surface area (Å²) in [6, 6.07) is 0. The van der Waals surface area contributed by atoms with Gasteiger partial charge < -0.3 is 20.7 Å². The van der Waals surface area contributed by atoms with E-state index in [0.29, 0.717) is 10.8 Å². The van der Waals surface area contributed by atoms with E-state index in [1.807, 2.05) is 0 Å². The zero-order valence-electron chi connectivity index (χ0n) is 9.03. The molecular weight excluding hydrogens is 252 g/mol. The maximum absolute atomic E-state index is 13.7. The number of rotatable bonds is 2. The second-order valence-electron chi connectivity index (χ2n) is 3.85.